The summed E-state index contributed by atoms with van der Waals surface area (Å²) in [6.45, 7) is 3.91. The molecule has 0 aromatic carbocycles. The van der Waals surface area contributed by atoms with Gasteiger partial charge in [0.1, 0.15) is 12.3 Å². The molecule has 0 aromatic heterocycles. The van der Waals surface area contributed by atoms with E-state index in [1.807, 2.05) is 26.0 Å². The van der Waals surface area contributed by atoms with Gasteiger partial charge in [-0.3, -0.25) is 9.59 Å². The van der Waals surface area contributed by atoms with Crippen molar-refractivity contribution in [2.75, 3.05) is 13.2 Å². The fourth-order valence-corrected chi connectivity index (χ4v) is 2.50. The molecule has 112 valence electrons. The highest BCUT2D eigenvalue weighted by atomic mass is 16.5. The molecule has 2 N–H and O–H groups in total. The van der Waals surface area contributed by atoms with Gasteiger partial charge in [0.15, 0.2) is 0 Å². The molecule has 0 aliphatic heterocycles. The molecule has 0 radical (unpaired) electrons. The first-order valence-corrected chi connectivity index (χ1v) is 6.94. The van der Waals surface area contributed by atoms with Crippen LogP contribution in [-0.2, 0) is 14.3 Å². The van der Waals surface area contributed by atoms with E-state index in [0.29, 0.717) is 17.9 Å². The van der Waals surface area contributed by atoms with E-state index in [9.17, 15) is 9.59 Å². The van der Waals surface area contributed by atoms with Crippen molar-refractivity contribution in [3.8, 4) is 0 Å². The minimum atomic E-state index is -1.07. The quantitative estimate of drug-likeness (QED) is 0.809. The molecule has 2 unspecified atom stereocenters. The van der Waals surface area contributed by atoms with Crippen molar-refractivity contribution in [2.24, 2.45) is 11.8 Å². The molecular formula is C16H19NO4. The van der Waals surface area contributed by atoms with Crippen LogP contribution in [-0.4, -0.2) is 30.1 Å². The summed E-state index contributed by atoms with van der Waals surface area (Å²) in [4.78, 5) is 22.7. The fraction of sp³-hybridized carbons (Fsp3) is 0.375. The second-order valence-electron chi connectivity index (χ2n) is 5.02. The molecule has 0 saturated heterocycles. The van der Waals surface area contributed by atoms with Gasteiger partial charge < -0.3 is 15.2 Å². The van der Waals surface area contributed by atoms with Crippen LogP contribution in [0.1, 0.15) is 13.8 Å². The van der Waals surface area contributed by atoms with Gasteiger partial charge in [0.05, 0.1) is 12.2 Å². The van der Waals surface area contributed by atoms with Crippen LogP contribution < -0.4 is 5.32 Å². The Balaban J connectivity index is 2.29. The standard InChI is InChI=1S/C16H19NO4/c1-3-21-15-12(16(20)17-9-14(18)19)7-6-11-5-4-10(2)8-13(11)15/h4-8,11,13H,3,9H2,1-2H3,(H,17,20)(H,18,19). The Morgan fingerprint density at radius 3 is 2.71 bits per heavy atom. The first-order chi connectivity index (χ1) is 10.0. The van der Waals surface area contributed by atoms with E-state index < -0.39 is 18.4 Å². The molecule has 0 fully saturated rings. The van der Waals surface area contributed by atoms with Crippen LogP contribution >= 0.6 is 0 Å². The Labute approximate surface area is 123 Å². The van der Waals surface area contributed by atoms with Crippen molar-refractivity contribution < 1.29 is 19.4 Å². The monoisotopic (exact) mass is 289 g/mol. The second-order valence-corrected chi connectivity index (χ2v) is 5.02. The molecular weight excluding hydrogens is 270 g/mol. The van der Waals surface area contributed by atoms with Gasteiger partial charge >= 0.3 is 5.97 Å². The summed E-state index contributed by atoms with van der Waals surface area (Å²) in [6.07, 6.45) is 9.86. The molecule has 2 rings (SSSR count). The second kappa shape index (κ2) is 6.43. The van der Waals surface area contributed by atoms with E-state index in [1.165, 1.54) is 0 Å². The van der Waals surface area contributed by atoms with Gasteiger partial charge in [-0.05, 0) is 19.9 Å². The topological polar surface area (TPSA) is 75.6 Å². The normalized spacial score (nSPS) is 23.4. The Morgan fingerprint density at radius 1 is 1.33 bits per heavy atom. The molecule has 0 aromatic rings. The number of amides is 1. The molecule has 2 aliphatic carbocycles. The van der Waals surface area contributed by atoms with E-state index in [0.717, 1.165) is 5.57 Å². The van der Waals surface area contributed by atoms with E-state index >= 15 is 0 Å². The number of nitrogens with one attached hydrogen (secondary N) is 1. The van der Waals surface area contributed by atoms with Crippen molar-refractivity contribution >= 4 is 11.9 Å². The van der Waals surface area contributed by atoms with Crippen LogP contribution in [0.2, 0.25) is 0 Å². The van der Waals surface area contributed by atoms with Crippen LogP contribution in [0.25, 0.3) is 0 Å². The van der Waals surface area contributed by atoms with Crippen LogP contribution in [0.5, 0.6) is 0 Å². The molecule has 0 spiro atoms. The third kappa shape index (κ3) is 3.42. The number of aliphatic carboxylic acids is 1. The third-order valence-corrected chi connectivity index (χ3v) is 3.44. The summed E-state index contributed by atoms with van der Waals surface area (Å²) in [7, 11) is 0. The number of ether oxygens (including phenoxy) is 1. The Morgan fingerprint density at radius 2 is 2.05 bits per heavy atom. The largest absolute Gasteiger partial charge is 0.497 e. The summed E-state index contributed by atoms with van der Waals surface area (Å²) in [5, 5.41) is 11.0. The number of fused-ring (bicyclic) bond motifs is 1. The number of carbonyl (C=O) groups excluding carboxylic acids is 1. The zero-order valence-corrected chi connectivity index (χ0v) is 12.1. The Bertz CT molecular complexity index is 569. The summed E-state index contributed by atoms with van der Waals surface area (Å²) < 4.78 is 5.68. The number of allylic oxidation sites excluding steroid dienone is 5. The van der Waals surface area contributed by atoms with Gasteiger partial charge in [-0.25, -0.2) is 0 Å². The summed E-state index contributed by atoms with van der Waals surface area (Å²) in [5.74, 6) is -0.722. The number of carboxylic acids is 1. The molecule has 0 heterocycles. The van der Waals surface area contributed by atoms with Gasteiger partial charge in [0.25, 0.3) is 5.91 Å². The first-order valence-electron chi connectivity index (χ1n) is 6.94. The van der Waals surface area contributed by atoms with Crippen LogP contribution in [0.4, 0.5) is 0 Å². The van der Waals surface area contributed by atoms with Crippen molar-refractivity contribution in [3.63, 3.8) is 0 Å². The maximum Gasteiger partial charge on any atom is 0.322 e. The molecule has 1 amide bonds. The van der Waals surface area contributed by atoms with Crippen molar-refractivity contribution in [2.45, 2.75) is 13.8 Å². The van der Waals surface area contributed by atoms with Crippen molar-refractivity contribution in [3.05, 3.63) is 47.3 Å². The van der Waals surface area contributed by atoms with E-state index in [1.54, 1.807) is 6.08 Å². The SMILES string of the molecule is CCOC1=C(C(=O)NCC(=O)O)C=CC2C=CC(C)=CC12. The minimum absolute atomic E-state index is 0.00877. The fourth-order valence-electron chi connectivity index (χ4n) is 2.50. The molecule has 21 heavy (non-hydrogen) atoms. The highest BCUT2D eigenvalue weighted by Gasteiger charge is 2.31. The molecule has 5 nitrogen and oxygen atoms in total. The number of hydrogen-bond acceptors (Lipinski definition) is 3. The lowest BCUT2D eigenvalue weighted by atomic mass is 9.79. The predicted octanol–water partition coefficient (Wildman–Crippen LogP) is 1.80. The molecule has 0 saturated carbocycles. The number of carbonyl (C=O) groups is 2. The van der Waals surface area contributed by atoms with E-state index in [2.05, 4.69) is 17.5 Å². The highest BCUT2D eigenvalue weighted by Crippen LogP contribution is 2.36. The minimum Gasteiger partial charge on any atom is -0.497 e. The van der Waals surface area contributed by atoms with Crippen LogP contribution in [0.3, 0.4) is 0 Å². The third-order valence-electron chi connectivity index (χ3n) is 3.44. The molecule has 0 bridgehead atoms. The summed E-state index contributed by atoms with van der Waals surface area (Å²) in [6, 6.07) is 0. The number of rotatable bonds is 5. The van der Waals surface area contributed by atoms with Gasteiger partial charge in [0.2, 0.25) is 0 Å². The lowest BCUT2D eigenvalue weighted by Gasteiger charge is -2.30. The maximum atomic E-state index is 12.1. The lowest BCUT2D eigenvalue weighted by molar-refractivity contribution is -0.137. The predicted molar refractivity (Wildman–Crippen MR) is 78.3 cm³/mol. The van der Waals surface area contributed by atoms with E-state index in [4.69, 9.17) is 9.84 Å². The lowest BCUT2D eigenvalue weighted by Crippen LogP contribution is -2.33. The van der Waals surface area contributed by atoms with Crippen molar-refractivity contribution in [1.29, 1.82) is 0 Å². The van der Waals surface area contributed by atoms with Gasteiger partial charge in [0, 0.05) is 11.8 Å². The average molecular weight is 289 g/mol. The van der Waals surface area contributed by atoms with Crippen LogP contribution in [0.15, 0.2) is 47.3 Å². The number of hydrogen-bond donors (Lipinski definition) is 2. The smallest absolute Gasteiger partial charge is 0.322 e. The first kappa shape index (κ1) is 15.1. The van der Waals surface area contributed by atoms with Gasteiger partial charge in [-0.1, -0.05) is 29.9 Å². The molecule has 5 heteroatoms. The van der Waals surface area contributed by atoms with Gasteiger partial charge in [-0.2, -0.15) is 0 Å². The zero-order valence-electron chi connectivity index (χ0n) is 12.1. The summed E-state index contributed by atoms with van der Waals surface area (Å²) >= 11 is 0. The van der Waals surface area contributed by atoms with Crippen molar-refractivity contribution in [1.82, 2.24) is 5.32 Å². The highest BCUT2D eigenvalue weighted by molar-refractivity contribution is 5.98. The Hall–Kier alpha value is -2.30. The molecule has 2 atom stereocenters. The van der Waals surface area contributed by atoms with Crippen LogP contribution in [0, 0.1) is 11.8 Å². The Kier molecular flexibility index (Phi) is 4.62. The van der Waals surface area contributed by atoms with E-state index in [-0.39, 0.29) is 11.8 Å². The average Bonchev–Trinajstić information content (AvgIpc) is 2.45. The maximum absolute atomic E-state index is 12.1. The molecule has 2 aliphatic rings. The van der Waals surface area contributed by atoms with Gasteiger partial charge in [-0.15, -0.1) is 0 Å². The number of carboxylic acid groups (broad SMARTS) is 1. The summed E-state index contributed by atoms with van der Waals surface area (Å²) in [5.41, 5.74) is 1.52. The zero-order chi connectivity index (χ0) is 15.4.